The van der Waals surface area contributed by atoms with Gasteiger partial charge < -0.3 is 4.74 Å². The van der Waals surface area contributed by atoms with E-state index < -0.39 is 77.2 Å². The van der Waals surface area contributed by atoms with Gasteiger partial charge in [-0.3, -0.25) is 19.1 Å². The molecule has 0 aromatic heterocycles. The van der Waals surface area contributed by atoms with Crippen molar-refractivity contribution < 1.29 is 53.6 Å². The van der Waals surface area contributed by atoms with Gasteiger partial charge in [-0.05, 0) is 26.0 Å². The molecule has 2 unspecified atom stereocenters. The summed E-state index contributed by atoms with van der Waals surface area (Å²) in [5.41, 5.74) is -1.28. The van der Waals surface area contributed by atoms with Crippen molar-refractivity contribution in [3.8, 4) is 0 Å². The number of rotatable bonds is 8. The molecule has 0 aliphatic heterocycles. The maximum absolute atomic E-state index is 13.6. The van der Waals surface area contributed by atoms with Gasteiger partial charge in [0, 0.05) is 6.07 Å². The average Bonchev–Trinajstić information content (AvgIpc) is 2.58. The Hall–Kier alpha value is -2.10. The van der Waals surface area contributed by atoms with Crippen LogP contribution in [-0.4, -0.2) is 48.5 Å². The molecule has 0 radical (unpaired) electrons. The minimum atomic E-state index is -6.75. The van der Waals surface area contributed by atoms with Gasteiger partial charge in [0.05, 0.1) is 26.7 Å². The maximum atomic E-state index is 13.6. The molecule has 0 saturated carbocycles. The van der Waals surface area contributed by atoms with Crippen LogP contribution in [-0.2, 0) is 31.1 Å². The van der Waals surface area contributed by atoms with E-state index in [0.717, 1.165) is 0 Å². The second-order valence-corrected chi connectivity index (χ2v) is 8.71. The van der Waals surface area contributed by atoms with E-state index in [-0.39, 0.29) is 6.07 Å². The molecule has 2 atom stereocenters. The summed E-state index contributed by atoms with van der Waals surface area (Å²) in [5.74, 6) is -8.65. The molecule has 170 valence electrons. The Balaban J connectivity index is 3.35. The van der Waals surface area contributed by atoms with Crippen LogP contribution in [0.15, 0.2) is 28.0 Å². The summed E-state index contributed by atoms with van der Waals surface area (Å²) in [7, 11) is -6.84. The number of esters is 1. The Bertz CT molecular complexity index is 888. The summed E-state index contributed by atoms with van der Waals surface area (Å²) < 4.78 is 119. The molecular formula is C14H12F7NO6S2. The van der Waals surface area contributed by atoms with Crippen molar-refractivity contribution in [2.24, 2.45) is 0 Å². The lowest BCUT2D eigenvalue weighted by atomic mass is 10.3. The summed E-state index contributed by atoms with van der Waals surface area (Å²) >= 11 is 0. The van der Waals surface area contributed by atoms with Crippen molar-refractivity contribution >= 4 is 33.3 Å². The number of benzene rings is 1. The number of carbonyl (C=O) groups is 1. The van der Waals surface area contributed by atoms with Crippen LogP contribution >= 0.6 is 0 Å². The van der Waals surface area contributed by atoms with E-state index in [1.807, 2.05) is 0 Å². The van der Waals surface area contributed by atoms with Gasteiger partial charge in [-0.2, -0.15) is 30.7 Å². The molecule has 1 rings (SSSR count). The van der Waals surface area contributed by atoms with Crippen LogP contribution in [0, 0.1) is 10.1 Å². The zero-order chi connectivity index (χ0) is 23.7. The lowest BCUT2D eigenvalue weighted by Gasteiger charge is -2.27. The zero-order valence-electron chi connectivity index (χ0n) is 14.9. The number of hydrogen-bond acceptors (Lipinski definition) is 6. The summed E-state index contributed by atoms with van der Waals surface area (Å²) in [6, 6.07) is 0.800. The fraction of sp³-hybridized carbons (Fsp3) is 0.500. The Labute approximate surface area is 168 Å². The van der Waals surface area contributed by atoms with Gasteiger partial charge in [-0.25, -0.2) is 4.21 Å². The van der Waals surface area contributed by atoms with Gasteiger partial charge in [-0.1, -0.05) is 0 Å². The predicted octanol–water partition coefficient (Wildman–Crippen LogP) is 3.55. The highest BCUT2D eigenvalue weighted by atomic mass is 32.2. The Kier molecular flexibility index (Phi) is 7.74. The van der Waals surface area contributed by atoms with Crippen LogP contribution in [0.2, 0.25) is 0 Å². The van der Waals surface area contributed by atoms with Crippen molar-refractivity contribution in [1.82, 2.24) is 0 Å². The summed E-state index contributed by atoms with van der Waals surface area (Å²) in [5, 5.41) is 4.94. The number of alkyl halides is 7. The monoisotopic (exact) mass is 487 g/mol. The Morgan fingerprint density at radius 1 is 1.13 bits per heavy atom. The molecule has 0 heterocycles. The molecule has 0 aliphatic carbocycles. The normalized spacial score (nSPS) is 15.0. The molecule has 0 amide bonds. The second-order valence-electron chi connectivity index (χ2n) is 5.77. The van der Waals surface area contributed by atoms with E-state index >= 15 is 0 Å². The molecule has 0 saturated heterocycles. The van der Waals surface area contributed by atoms with Gasteiger partial charge in [0.25, 0.3) is 5.69 Å². The van der Waals surface area contributed by atoms with Crippen LogP contribution in [0.5, 0.6) is 0 Å². The number of nitro groups is 1. The minimum absolute atomic E-state index is 0.0253. The van der Waals surface area contributed by atoms with Crippen molar-refractivity contribution in [3.63, 3.8) is 0 Å². The molecule has 30 heavy (non-hydrogen) atoms. The minimum Gasteiger partial charge on any atom is -0.462 e. The lowest BCUT2D eigenvalue weighted by molar-refractivity contribution is -0.388. The highest BCUT2D eigenvalue weighted by Crippen LogP contribution is 2.49. The molecular weight excluding hydrogens is 475 g/mol. The van der Waals surface area contributed by atoms with Gasteiger partial charge in [-0.15, -0.1) is 0 Å². The molecule has 0 N–H and O–H groups in total. The van der Waals surface area contributed by atoms with Crippen LogP contribution in [0.4, 0.5) is 36.4 Å². The fourth-order valence-electron chi connectivity index (χ4n) is 1.86. The molecule has 0 bridgehead atoms. The van der Waals surface area contributed by atoms with Gasteiger partial charge in [0.2, 0.25) is 0 Å². The number of nitrogens with zero attached hydrogens (tertiary/aromatic N) is 1. The Morgan fingerprint density at radius 2 is 1.67 bits per heavy atom. The predicted molar refractivity (Wildman–Crippen MR) is 88.0 cm³/mol. The first kappa shape index (κ1) is 25.9. The first-order valence-electron chi connectivity index (χ1n) is 7.54. The number of halogens is 7. The van der Waals surface area contributed by atoms with E-state index in [9.17, 15) is 54.1 Å². The fourth-order valence-corrected chi connectivity index (χ4v) is 3.94. The van der Waals surface area contributed by atoms with Gasteiger partial charge in [0.15, 0.2) is 0 Å². The van der Waals surface area contributed by atoms with E-state index in [0.29, 0.717) is 12.1 Å². The van der Waals surface area contributed by atoms with E-state index in [1.54, 1.807) is 0 Å². The first-order chi connectivity index (χ1) is 13.4. The molecule has 16 heteroatoms. The van der Waals surface area contributed by atoms with Crippen LogP contribution in [0.25, 0.3) is 0 Å². The molecule has 0 spiro atoms. The third-order valence-electron chi connectivity index (χ3n) is 3.16. The third-order valence-corrected chi connectivity index (χ3v) is 5.89. The number of hydrogen-bond donors (Lipinski definition) is 0. The highest BCUT2D eigenvalue weighted by Gasteiger charge is 2.76. The summed E-state index contributed by atoms with van der Waals surface area (Å²) in [6.07, 6.45) is -7.37. The van der Waals surface area contributed by atoms with E-state index in [4.69, 9.17) is 0 Å². The smallest absolute Gasteiger partial charge is 0.461 e. The zero-order valence-corrected chi connectivity index (χ0v) is 16.5. The Morgan fingerprint density at radius 3 is 2.10 bits per heavy atom. The topological polar surface area (TPSA) is 104 Å². The summed E-state index contributed by atoms with van der Waals surface area (Å²) in [4.78, 5) is 19.1. The van der Waals surface area contributed by atoms with E-state index in [1.165, 1.54) is 13.8 Å². The largest absolute Gasteiger partial charge is 0.462 e. The maximum Gasteiger partial charge on any atom is 0.461 e. The molecule has 1 aromatic carbocycles. The van der Waals surface area contributed by atoms with Crippen molar-refractivity contribution in [3.05, 3.63) is 28.3 Å². The highest BCUT2D eigenvalue weighted by molar-refractivity contribution is 7.86. The number of nitro benzene ring substituents is 1. The van der Waals surface area contributed by atoms with Crippen molar-refractivity contribution in [2.45, 2.75) is 47.1 Å². The van der Waals surface area contributed by atoms with Crippen LogP contribution in [0.1, 0.15) is 13.8 Å². The second kappa shape index (κ2) is 8.95. The third kappa shape index (κ3) is 5.33. The summed E-state index contributed by atoms with van der Waals surface area (Å²) in [6.45, 7) is 2.90. The van der Waals surface area contributed by atoms with Gasteiger partial charge >= 0.3 is 23.3 Å². The quantitative estimate of drug-likeness (QED) is 0.241. The standard InChI is InChI=1S/C14H12F7NO6S2/c1-7(2)28-11(23)6-29(26)10-4-3-8(5-9(10)22(24)25)30(27)14(20,21)12(15,16)13(17,18)19/h3-5,7H,6H2,1-2H3. The van der Waals surface area contributed by atoms with Crippen molar-refractivity contribution in [2.75, 3.05) is 5.75 Å². The molecule has 1 aromatic rings. The van der Waals surface area contributed by atoms with Crippen LogP contribution < -0.4 is 0 Å². The lowest BCUT2D eigenvalue weighted by Crippen LogP contribution is -2.54. The van der Waals surface area contributed by atoms with Crippen molar-refractivity contribution in [1.29, 1.82) is 0 Å². The van der Waals surface area contributed by atoms with E-state index in [2.05, 4.69) is 4.74 Å². The number of carbonyl (C=O) groups excluding carboxylic acids is 1. The SMILES string of the molecule is CC(C)OC(=O)CS(=O)c1ccc(S(=O)C(F)(F)C(F)(F)C(F)(F)F)cc1[N+](=O)[O-]. The molecule has 0 fully saturated rings. The first-order valence-corrected chi connectivity index (χ1v) is 10.0. The van der Waals surface area contributed by atoms with Gasteiger partial charge in [0.1, 0.15) is 21.4 Å². The number of ether oxygens (including phenoxy) is 1. The average molecular weight is 487 g/mol. The molecule has 7 nitrogen and oxygen atoms in total. The molecule has 0 aliphatic rings. The van der Waals surface area contributed by atoms with Crippen LogP contribution in [0.3, 0.4) is 0 Å².